The lowest BCUT2D eigenvalue weighted by Crippen LogP contribution is -2.14. The highest BCUT2D eigenvalue weighted by Gasteiger charge is 2.16. The third-order valence-corrected chi connectivity index (χ3v) is 3.22. The molecule has 0 amide bonds. The summed E-state index contributed by atoms with van der Waals surface area (Å²) in [4.78, 5) is 23.9. The van der Waals surface area contributed by atoms with E-state index in [0.29, 0.717) is 11.3 Å². The van der Waals surface area contributed by atoms with E-state index in [1.165, 1.54) is 0 Å². The molecule has 5 heteroatoms. The van der Waals surface area contributed by atoms with Crippen molar-refractivity contribution in [1.29, 1.82) is 0 Å². The number of anilines is 1. The topological polar surface area (TPSA) is 82.5 Å². The quantitative estimate of drug-likeness (QED) is 0.454. The van der Waals surface area contributed by atoms with E-state index in [1.807, 2.05) is 18.2 Å². The third-order valence-electron chi connectivity index (χ3n) is 3.22. The van der Waals surface area contributed by atoms with Crippen LogP contribution in [0.1, 0.15) is 20.9 Å². The first-order chi connectivity index (χ1) is 10.6. The summed E-state index contributed by atoms with van der Waals surface area (Å²) in [5.74, 6) is -0.878. The molecule has 0 aliphatic rings. The summed E-state index contributed by atoms with van der Waals surface area (Å²) in [6.45, 7) is -0.396. The maximum absolute atomic E-state index is 12.0. The molecule has 5 nitrogen and oxygen atoms in total. The smallest absolute Gasteiger partial charge is 0.340 e. The van der Waals surface area contributed by atoms with Crippen molar-refractivity contribution >= 4 is 28.4 Å². The van der Waals surface area contributed by atoms with Crippen LogP contribution in [0.3, 0.4) is 0 Å². The zero-order valence-electron chi connectivity index (χ0n) is 11.6. The van der Waals surface area contributed by atoms with Crippen LogP contribution >= 0.6 is 0 Å². The van der Waals surface area contributed by atoms with Gasteiger partial charge in [0.15, 0.2) is 12.4 Å². The molecule has 0 saturated heterocycles. The standard InChI is InChI=1S/C17H13NO4/c18-13-7-3-2-6-12(13)17(20)21-10-14(19)16-9-11-5-1-4-8-15(11)22-16/h1-9H,10,18H2. The molecule has 110 valence electrons. The molecule has 0 bridgehead atoms. The molecular weight excluding hydrogens is 282 g/mol. The molecule has 1 aromatic heterocycles. The number of ketones is 1. The molecule has 2 aromatic carbocycles. The molecule has 3 aromatic rings. The second kappa shape index (κ2) is 5.73. The van der Waals surface area contributed by atoms with E-state index in [4.69, 9.17) is 14.9 Å². The summed E-state index contributed by atoms with van der Waals surface area (Å²) in [5.41, 5.74) is 6.85. The van der Waals surface area contributed by atoms with Crippen LogP contribution < -0.4 is 5.73 Å². The van der Waals surface area contributed by atoms with Gasteiger partial charge in [0.2, 0.25) is 5.78 Å². The lowest BCUT2D eigenvalue weighted by molar-refractivity contribution is 0.0469. The number of para-hydroxylation sites is 2. The predicted octanol–water partition coefficient (Wildman–Crippen LogP) is 3.05. The number of rotatable bonds is 4. The number of hydrogen-bond acceptors (Lipinski definition) is 5. The number of Topliss-reactive ketones (excluding diaryl/α,β-unsaturated/α-hetero) is 1. The maximum atomic E-state index is 12.0. The normalized spacial score (nSPS) is 10.5. The highest BCUT2D eigenvalue weighted by atomic mass is 16.5. The Bertz CT molecular complexity index is 817. The van der Waals surface area contributed by atoms with E-state index in [0.717, 1.165) is 5.39 Å². The van der Waals surface area contributed by atoms with Crippen molar-refractivity contribution in [3.8, 4) is 0 Å². The van der Waals surface area contributed by atoms with E-state index in [2.05, 4.69) is 0 Å². The van der Waals surface area contributed by atoms with Gasteiger partial charge in [-0.25, -0.2) is 4.79 Å². The van der Waals surface area contributed by atoms with Gasteiger partial charge in [0.25, 0.3) is 0 Å². The predicted molar refractivity (Wildman–Crippen MR) is 81.7 cm³/mol. The summed E-state index contributed by atoms with van der Waals surface area (Å²) >= 11 is 0. The van der Waals surface area contributed by atoms with Crippen LogP contribution in [0.25, 0.3) is 11.0 Å². The fraction of sp³-hybridized carbons (Fsp3) is 0.0588. The van der Waals surface area contributed by atoms with Gasteiger partial charge >= 0.3 is 5.97 Å². The summed E-state index contributed by atoms with van der Waals surface area (Å²) in [6, 6.07) is 15.4. The van der Waals surface area contributed by atoms with Gasteiger partial charge in [0, 0.05) is 11.1 Å². The van der Waals surface area contributed by atoms with Gasteiger partial charge in [0.1, 0.15) is 5.58 Å². The van der Waals surface area contributed by atoms with Crippen LogP contribution in [-0.4, -0.2) is 18.4 Å². The summed E-state index contributed by atoms with van der Waals surface area (Å²) in [5, 5.41) is 0.824. The zero-order chi connectivity index (χ0) is 15.5. The fourth-order valence-electron chi connectivity index (χ4n) is 2.08. The average Bonchev–Trinajstić information content (AvgIpc) is 2.97. The monoisotopic (exact) mass is 295 g/mol. The minimum absolute atomic E-state index is 0.162. The highest BCUT2D eigenvalue weighted by Crippen LogP contribution is 2.19. The molecule has 2 N–H and O–H groups in total. The molecule has 0 aliphatic heterocycles. The molecule has 0 spiro atoms. The molecule has 22 heavy (non-hydrogen) atoms. The number of fused-ring (bicyclic) bond motifs is 1. The van der Waals surface area contributed by atoms with E-state index in [9.17, 15) is 9.59 Å². The summed E-state index contributed by atoms with van der Waals surface area (Å²) in [6.07, 6.45) is 0. The summed E-state index contributed by atoms with van der Waals surface area (Å²) < 4.78 is 10.4. The van der Waals surface area contributed by atoms with Crippen molar-refractivity contribution in [3.05, 3.63) is 65.9 Å². The Morgan fingerprint density at radius 1 is 1.05 bits per heavy atom. The van der Waals surface area contributed by atoms with Crippen LogP contribution in [0.4, 0.5) is 5.69 Å². The number of carbonyl (C=O) groups is 2. The third kappa shape index (κ3) is 2.69. The Balaban J connectivity index is 1.69. The molecule has 0 unspecified atom stereocenters. The van der Waals surface area contributed by atoms with Crippen molar-refractivity contribution in [2.45, 2.75) is 0 Å². The number of benzene rings is 2. The Kier molecular flexibility index (Phi) is 3.62. The van der Waals surface area contributed by atoms with Gasteiger partial charge in [0.05, 0.1) is 5.56 Å². The van der Waals surface area contributed by atoms with Crippen molar-refractivity contribution in [1.82, 2.24) is 0 Å². The van der Waals surface area contributed by atoms with E-state index < -0.39 is 18.4 Å². The number of ether oxygens (including phenoxy) is 1. The molecule has 0 aliphatic carbocycles. The Hall–Kier alpha value is -3.08. The Morgan fingerprint density at radius 2 is 1.77 bits per heavy atom. The van der Waals surface area contributed by atoms with Gasteiger partial charge in [-0.1, -0.05) is 30.3 Å². The molecular formula is C17H13NO4. The molecule has 1 heterocycles. The molecule has 0 radical (unpaired) electrons. The van der Waals surface area contributed by atoms with Gasteiger partial charge in [-0.2, -0.15) is 0 Å². The van der Waals surface area contributed by atoms with Gasteiger partial charge < -0.3 is 14.9 Å². The van der Waals surface area contributed by atoms with E-state index in [-0.39, 0.29) is 11.3 Å². The SMILES string of the molecule is Nc1ccccc1C(=O)OCC(=O)c1cc2ccccc2o1. The van der Waals surface area contributed by atoms with Gasteiger partial charge in [-0.15, -0.1) is 0 Å². The number of hydrogen-bond donors (Lipinski definition) is 1. The van der Waals surface area contributed by atoms with Crippen molar-refractivity contribution in [2.24, 2.45) is 0 Å². The lowest BCUT2D eigenvalue weighted by atomic mass is 10.2. The van der Waals surface area contributed by atoms with Crippen LogP contribution in [0.5, 0.6) is 0 Å². The first-order valence-corrected chi connectivity index (χ1v) is 6.68. The first kappa shape index (κ1) is 13.9. The van der Waals surface area contributed by atoms with E-state index in [1.54, 1.807) is 36.4 Å². The van der Waals surface area contributed by atoms with E-state index >= 15 is 0 Å². The average molecular weight is 295 g/mol. The second-order valence-electron chi connectivity index (χ2n) is 4.74. The van der Waals surface area contributed by atoms with Gasteiger partial charge in [-0.05, 0) is 24.3 Å². The van der Waals surface area contributed by atoms with Crippen molar-refractivity contribution < 1.29 is 18.7 Å². The highest BCUT2D eigenvalue weighted by molar-refractivity contribution is 6.01. The number of furan rings is 1. The van der Waals surface area contributed by atoms with Gasteiger partial charge in [-0.3, -0.25) is 4.79 Å². The number of nitrogen functional groups attached to an aromatic ring is 1. The van der Waals surface area contributed by atoms with Crippen LogP contribution in [0, 0.1) is 0 Å². The second-order valence-corrected chi connectivity index (χ2v) is 4.74. The van der Waals surface area contributed by atoms with Crippen LogP contribution in [0.15, 0.2) is 59.0 Å². The number of carbonyl (C=O) groups excluding carboxylic acids is 2. The van der Waals surface area contributed by atoms with Crippen molar-refractivity contribution in [3.63, 3.8) is 0 Å². The lowest BCUT2D eigenvalue weighted by Gasteiger charge is -2.05. The largest absolute Gasteiger partial charge is 0.453 e. The van der Waals surface area contributed by atoms with Crippen LogP contribution in [0.2, 0.25) is 0 Å². The molecule has 3 rings (SSSR count). The first-order valence-electron chi connectivity index (χ1n) is 6.68. The van der Waals surface area contributed by atoms with Crippen LogP contribution in [-0.2, 0) is 4.74 Å². The number of nitrogens with two attached hydrogens (primary N) is 1. The Labute approximate surface area is 126 Å². The minimum atomic E-state index is -0.637. The fourth-order valence-corrected chi connectivity index (χ4v) is 2.08. The summed E-state index contributed by atoms with van der Waals surface area (Å²) in [7, 11) is 0. The minimum Gasteiger partial charge on any atom is -0.453 e. The zero-order valence-corrected chi connectivity index (χ0v) is 11.6. The molecule has 0 saturated carbocycles. The number of esters is 1. The van der Waals surface area contributed by atoms with Crippen molar-refractivity contribution in [2.75, 3.05) is 12.3 Å². The molecule has 0 atom stereocenters. The Morgan fingerprint density at radius 3 is 2.55 bits per heavy atom. The maximum Gasteiger partial charge on any atom is 0.340 e. The molecule has 0 fully saturated rings.